The predicted octanol–water partition coefficient (Wildman–Crippen LogP) is 4.45. The van der Waals surface area contributed by atoms with Crippen LogP contribution in [0, 0.1) is 0 Å². The van der Waals surface area contributed by atoms with Crippen LogP contribution < -0.4 is 10.1 Å². The highest BCUT2D eigenvalue weighted by Crippen LogP contribution is 2.39. The first kappa shape index (κ1) is 24.7. The molecule has 1 aliphatic rings. The van der Waals surface area contributed by atoms with Crippen LogP contribution in [0.2, 0.25) is 0 Å². The van der Waals surface area contributed by atoms with Crippen molar-refractivity contribution in [2.45, 2.75) is 25.4 Å². The summed E-state index contributed by atoms with van der Waals surface area (Å²) in [6.07, 6.45) is -0.928. The zero-order valence-electron chi connectivity index (χ0n) is 19.5. The largest absolute Gasteiger partial charge is 0.486 e. The van der Waals surface area contributed by atoms with Gasteiger partial charge < -0.3 is 28.8 Å². The molecule has 0 radical (unpaired) electrons. The molecule has 1 aliphatic heterocycles. The topological polar surface area (TPSA) is 107 Å². The van der Waals surface area contributed by atoms with E-state index in [2.05, 4.69) is 21.2 Å². The molecule has 3 aromatic rings. The number of carbonyl (C=O) groups excluding carboxylic acids is 3. The van der Waals surface area contributed by atoms with E-state index in [1.54, 1.807) is 25.1 Å². The van der Waals surface area contributed by atoms with Crippen molar-refractivity contribution in [2.24, 2.45) is 0 Å². The Balaban J connectivity index is 1.59. The summed E-state index contributed by atoms with van der Waals surface area (Å²) in [6, 6.07) is 14.1. The number of hydrogen-bond donors (Lipinski definition) is 1. The van der Waals surface area contributed by atoms with Gasteiger partial charge in [0.2, 0.25) is 5.76 Å². The van der Waals surface area contributed by atoms with E-state index in [-0.39, 0.29) is 31.3 Å². The van der Waals surface area contributed by atoms with Crippen LogP contribution in [0.1, 0.15) is 36.0 Å². The van der Waals surface area contributed by atoms with Gasteiger partial charge in [0.25, 0.3) is 5.91 Å². The van der Waals surface area contributed by atoms with E-state index in [9.17, 15) is 14.4 Å². The maximum absolute atomic E-state index is 13.5. The van der Waals surface area contributed by atoms with Gasteiger partial charge in [0, 0.05) is 18.1 Å². The normalized spacial score (nSPS) is 18.4. The Bertz CT molecular complexity index is 1260. The number of fused-ring (bicyclic) bond motifs is 3. The number of alkyl carbamates (subject to hydrolysis) is 1. The van der Waals surface area contributed by atoms with Crippen LogP contribution in [0.4, 0.5) is 4.79 Å². The fraction of sp³-hybridized carbons (Fsp3) is 0.320. The Morgan fingerprint density at radius 3 is 2.69 bits per heavy atom. The number of methoxy groups -OCH3 is 1. The summed E-state index contributed by atoms with van der Waals surface area (Å²) in [4.78, 5) is 40.6. The summed E-state index contributed by atoms with van der Waals surface area (Å²) in [7, 11) is 1.48. The number of benzene rings is 2. The molecule has 0 unspecified atom stereocenters. The number of rotatable bonds is 6. The van der Waals surface area contributed by atoms with Gasteiger partial charge in [-0.05, 0) is 37.6 Å². The molecule has 2 amide bonds. The third-order valence-electron chi connectivity index (χ3n) is 5.92. The average molecular weight is 545 g/mol. The van der Waals surface area contributed by atoms with E-state index in [1.807, 2.05) is 30.3 Å². The number of amides is 2. The molecule has 2 aromatic carbocycles. The van der Waals surface area contributed by atoms with Gasteiger partial charge in [-0.15, -0.1) is 0 Å². The van der Waals surface area contributed by atoms with E-state index in [4.69, 9.17) is 18.6 Å². The fourth-order valence-electron chi connectivity index (χ4n) is 3.89. The first-order valence-electron chi connectivity index (χ1n) is 11.0. The molecular formula is C25H25BrN2O7. The molecule has 2 heterocycles. The van der Waals surface area contributed by atoms with Gasteiger partial charge in [-0.1, -0.05) is 46.3 Å². The Kier molecular flexibility index (Phi) is 7.13. The van der Waals surface area contributed by atoms with Crippen molar-refractivity contribution in [3.05, 3.63) is 64.3 Å². The van der Waals surface area contributed by atoms with Crippen LogP contribution in [-0.4, -0.2) is 55.3 Å². The molecule has 9 nitrogen and oxygen atoms in total. The molecule has 4 rings (SSSR count). The van der Waals surface area contributed by atoms with Gasteiger partial charge >= 0.3 is 12.1 Å². The highest BCUT2D eigenvalue weighted by atomic mass is 79.9. The maximum Gasteiger partial charge on any atom is 0.415 e. The quantitative estimate of drug-likeness (QED) is 0.360. The molecule has 2 atom stereocenters. The molecule has 0 aliphatic carbocycles. The smallest absolute Gasteiger partial charge is 0.415 e. The standard InChI is InChI=1S/C25H25BrN2O7/c1-15(16-7-5-4-6-8-16)27-24(31)35-23(30)25(2)14-33-20-18-10-9-17(26)13-19(18)34-21(20)22(29)28(25)11-12-32-3/h4-10,13,15H,11-12,14H2,1-3H3,(H,27,31)/t15-,25-/m0/s1. The third kappa shape index (κ3) is 4.89. The second-order valence-corrected chi connectivity index (χ2v) is 9.28. The van der Waals surface area contributed by atoms with E-state index in [0.29, 0.717) is 11.0 Å². The maximum atomic E-state index is 13.5. The van der Waals surface area contributed by atoms with Gasteiger partial charge in [-0.2, -0.15) is 0 Å². The second kappa shape index (κ2) is 10.1. The van der Waals surface area contributed by atoms with E-state index in [0.717, 1.165) is 10.0 Å². The number of hydrogen-bond acceptors (Lipinski definition) is 7. The Morgan fingerprint density at radius 2 is 1.97 bits per heavy atom. The number of carbonyl (C=O) groups is 3. The lowest BCUT2D eigenvalue weighted by atomic mass is 10.0. The van der Waals surface area contributed by atoms with Gasteiger partial charge in [0.1, 0.15) is 12.2 Å². The summed E-state index contributed by atoms with van der Waals surface area (Å²) in [5, 5.41) is 3.23. The Morgan fingerprint density at radius 1 is 1.23 bits per heavy atom. The second-order valence-electron chi connectivity index (χ2n) is 8.37. The van der Waals surface area contributed by atoms with Crippen molar-refractivity contribution in [1.29, 1.82) is 0 Å². The molecule has 0 saturated carbocycles. The molecule has 35 heavy (non-hydrogen) atoms. The lowest BCUT2D eigenvalue weighted by Gasteiger charge is -2.36. The zero-order chi connectivity index (χ0) is 25.2. The molecule has 0 bridgehead atoms. The highest BCUT2D eigenvalue weighted by Gasteiger charge is 2.49. The van der Waals surface area contributed by atoms with E-state index < -0.39 is 29.6 Å². The zero-order valence-corrected chi connectivity index (χ0v) is 21.1. The van der Waals surface area contributed by atoms with Crippen molar-refractivity contribution >= 4 is 44.9 Å². The van der Waals surface area contributed by atoms with Crippen LogP contribution in [0.25, 0.3) is 11.0 Å². The molecular weight excluding hydrogens is 520 g/mol. The molecule has 1 N–H and O–H groups in total. The first-order chi connectivity index (χ1) is 16.7. The summed E-state index contributed by atoms with van der Waals surface area (Å²) in [6.45, 7) is 3.20. The molecule has 0 fully saturated rings. The van der Waals surface area contributed by atoms with Gasteiger partial charge in [0.15, 0.2) is 11.3 Å². The number of halogens is 1. The van der Waals surface area contributed by atoms with Crippen LogP contribution in [0.5, 0.6) is 5.75 Å². The van der Waals surface area contributed by atoms with E-state index in [1.165, 1.54) is 18.9 Å². The summed E-state index contributed by atoms with van der Waals surface area (Å²) in [5.41, 5.74) is -0.308. The summed E-state index contributed by atoms with van der Waals surface area (Å²) >= 11 is 3.38. The minimum absolute atomic E-state index is 0.0344. The van der Waals surface area contributed by atoms with Gasteiger partial charge in [0.05, 0.1) is 18.0 Å². The van der Waals surface area contributed by atoms with Crippen LogP contribution in [0.15, 0.2) is 57.4 Å². The summed E-state index contributed by atoms with van der Waals surface area (Å²) in [5.74, 6) is -1.30. The number of nitrogens with zero attached hydrogens (tertiary/aromatic N) is 1. The molecule has 1 aromatic heterocycles. The van der Waals surface area contributed by atoms with E-state index >= 15 is 0 Å². The van der Waals surface area contributed by atoms with Crippen molar-refractivity contribution in [2.75, 3.05) is 26.9 Å². The molecule has 10 heteroatoms. The predicted molar refractivity (Wildman–Crippen MR) is 130 cm³/mol. The van der Waals surface area contributed by atoms with Gasteiger partial charge in [-0.25, -0.2) is 9.59 Å². The number of ether oxygens (including phenoxy) is 3. The minimum Gasteiger partial charge on any atom is -0.486 e. The molecule has 0 saturated heterocycles. The monoisotopic (exact) mass is 544 g/mol. The van der Waals surface area contributed by atoms with Crippen LogP contribution in [0.3, 0.4) is 0 Å². The summed E-state index contributed by atoms with van der Waals surface area (Å²) < 4.78 is 22.8. The average Bonchev–Trinajstić information content (AvgIpc) is 3.15. The van der Waals surface area contributed by atoms with Gasteiger partial charge in [-0.3, -0.25) is 4.79 Å². The van der Waals surface area contributed by atoms with Crippen molar-refractivity contribution in [3.8, 4) is 5.75 Å². The van der Waals surface area contributed by atoms with Crippen molar-refractivity contribution in [3.63, 3.8) is 0 Å². The lowest BCUT2D eigenvalue weighted by Crippen LogP contribution is -2.59. The number of esters is 1. The Labute approximate surface area is 210 Å². The Hall–Kier alpha value is -3.37. The molecule has 0 spiro atoms. The number of furan rings is 1. The molecule has 184 valence electrons. The first-order valence-corrected chi connectivity index (χ1v) is 11.8. The van der Waals surface area contributed by atoms with Crippen LogP contribution in [-0.2, 0) is 14.3 Å². The number of nitrogens with one attached hydrogen (secondary N) is 1. The fourth-order valence-corrected chi connectivity index (χ4v) is 4.23. The minimum atomic E-state index is -1.62. The lowest BCUT2D eigenvalue weighted by molar-refractivity contribution is -0.151. The van der Waals surface area contributed by atoms with Crippen molar-refractivity contribution < 1.29 is 33.0 Å². The van der Waals surface area contributed by atoms with Crippen molar-refractivity contribution in [1.82, 2.24) is 10.2 Å². The SMILES string of the molecule is COCCN1C(=O)c2oc3cc(Br)ccc3c2OC[C@@]1(C)C(=O)OC(=O)N[C@@H](C)c1ccccc1. The van der Waals surface area contributed by atoms with Crippen LogP contribution >= 0.6 is 15.9 Å². The highest BCUT2D eigenvalue weighted by molar-refractivity contribution is 9.10. The third-order valence-corrected chi connectivity index (χ3v) is 6.41.